The molecule has 3 aromatic rings. The van der Waals surface area contributed by atoms with E-state index >= 15 is 0 Å². The van der Waals surface area contributed by atoms with Crippen LogP contribution < -0.4 is 15.5 Å². The first-order valence-corrected chi connectivity index (χ1v) is 13.5. The van der Waals surface area contributed by atoms with E-state index in [2.05, 4.69) is 34.3 Å². The molecular weight excluding hydrogens is 480 g/mol. The Morgan fingerprint density at radius 2 is 1.87 bits per heavy atom. The lowest BCUT2D eigenvalue weighted by Gasteiger charge is -2.33. The fraction of sp³-hybridized carbons (Fsp3) is 0.433. The quantitative estimate of drug-likeness (QED) is 0.259. The molecule has 8 nitrogen and oxygen atoms in total. The Kier molecular flexibility index (Phi) is 9.67. The van der Waals surface area contributed by atoms with Crippen molar-refractivity contribution in [1.82, 2.24) is 20.7 Å². The van der Waals surface area contributed by atoms with E-state index in [1.165, 1.54) is 5.56 Å². The number of aromatic nitrogens is 1. The third-order valence-corrected chi connectivity index (χ3v) is 7.17. The van der Waals surface area contributed by atoms with Crippen molar-refractivity contribution in [3.05, 3.63) is 71.4 Å². The van der Waals surface area contributed by atoms with Gasteiger partial charge >= 0.3 is 0 Å². The van der Waals surface area contributed by atoms with Gasteiger partial charge in [0.15, 0.2) is 0 Å². The number of para-hydroxylation sites is 1. The van der Waals surface area contributed by atoms with Gasteiger partial charge < -0.3 is 15.0 Å². The molecule has 0 bridgehead atoms. The number of nitrogens with one attached hydrogen (secondary N) is 2. The average molecular weight is 519 g/mol. The number of carbonyl (C=O) groups excluding carboxylic acids is 2. The number of carbonyl (C=O) groups is 2. The number of nitrogens with zero attached hydrogens (tertiary/aromatic N) is 2. The van der Waals surface area contributed by atoms with Crippen LogP contribution in [0.2, 0.25) is 0 Å². The number of rotatable bonds is 11. The lowest BCUT2D eigenvalue weighted by molar-refractivity contribution is -0.129. The summed E-state index contributed by atoms with van der Waals surface area (Å²) < 4.78 is 5.97. The zero-order valence-electron chi connectivity index (χ0n) is 22.3. The van der Waals surface area contributed by atoms with E-state index in [1.54, 1.807) is 5.48 Å². The smallest absolute Gasteiger partial charge is 0.251 e. The van der Waals surface area contributed by atoms with E-state index < -0.39 is 0 Å². The van der Waals surface area contributed by atoms with E-state index in [0.29, 0.717) is 24.5 Å². The number of likely N-dealkylation sites (tertiary alicyclic amines) is 1. The number of hydroxylamine groups is 1. The normalized spacial score (nSPS) is 15.2. The number of ether oxygens (including phenoxy) is 1. The van der Waals surface area contributed by atoms with Crippen molar-refractivity contribution in [2.75, 3.05) is 26.2 Å². The van der Waals surface area contributed by atoms with Crippen LogP contribution in [-0.2, 0) is 11.2 Å². The second kappa shape index (κ2) is 13.3. The van der Waals surface area contributed by atoms with Crippen molar-refractivity contribution in [2.45, 2.75) is 52.0 Å². The fourth-order valence-corrected chi connectivity index (χ4v) is 5.08. The summed E-state index contributed by atoms with van der Waals surface area (Å²) in [5, 5.41) is 12.9. The minimum absolute atomic E-state index is 0.0582. The van der Waals surface area contributed by atoms with E-state index in [4.69, 9.17) is 9.94 Å². The van der Waals surface area contributed by atoms with Crippen LogP contribution in [0, 0.1) is 12.8 Å². The van der Waals surface area contributed by atoms with E-state index in [0.717, 1.165) is 67.7 Å². The molecule has 202 valence electrons. The molecule has 1 atom stereocenters. The monoisotopic (exact) mass is 518 g/mol. The van der Waals surface area contributed by atoms with E-state index in [9.17, 15) is 9.59 Å². The molecule has 38 heavy (non-hydrogen) atoms. The molecular formula is C30H38N4O4. The van der Waals surface area contributed by atoms with Crippen molar-refractivity contribution < 1.29 is 19.5 Å². The predicted octanol–water partition coefficient (Wildman–Crippen LogP) is 4.28. The highest BCUT2D eigenvalue weighted by molar-refractivity contribution is 5.94. The Morgan fingerprint density at radius 1 is 1.13 bits per heavy atom. The molecule has 0 spiro atoms. The van der Waals surface area contributed by atoms with Gasteiger partial charge in [-0.1, -0.05) is 25.1 Å². The van der Waals surface area contributed by atoms with Crippen molar-refractivity contribution in [2.24, 2.45) is 5.92 Å². The maximum atomic E-state index is 12.8. The number of fused-ring (bicyclic) bond motifs is 1. The van der Waals surface area contributed by atoms with Crippen LogP contribution in [-0.4, -0.2) is 59.2 Å². The number of aryl methyl sites for hydroxylation is 1. The van der Waals surface area contributed by atoms with Crippen LogP contribution in [0.15, 0.2) is 54.6 Å². The van der Waals surface area contributed by atoms with Gasteiger partial charge in [-0.05, 0) is 74.1 Å². The molecule has 0 radical (unpaired) electrons. The Bertz CT molecular complexity index is 1220. The minimum atomic E-state index is -0.341. The topological polar surface area (TPSA) is 104 Å². The molecule has 2 heterocycles. The number of piperidine rings is 1. The first-order valence-electron chi connectivity index (χ1n) is 13.5. The summed E-state index contributed by atoms with van der Waals surface area (Å²) in [5.74, 6) is 0.714. The summed E-state index contributed by atoms with van der Waals surface area (Å²) in [6.45, 7) is 7.42. The van der Waals surface area contributed by atoms with Gasteiger partial charge in [0.25, 0.3) is 5.91 Å². The highest BCUT2D eigenvalue weighted by Crippen LogP contribution is 2.20. The number of hydrogen-bond donors (Lipinski definition) is 3. The maximum Gasteiger partial charge on any atom is 0.251 e. The molecule has 0 saturated carbocycles. The van der Waals surface area contributed by atoms with Crippen LogP contribution in [0.5, 0.6) is 5.75 Å². The van der Waals surface area contributed by atoms with Gasteiger partial charge in [-0.15, -0.1) is 0 Å². The van der Waals surface area contributed by atoms with Gasteiger partial charge in [-0.25, -0.2) is 5.48 Å². The van der Waals surface area contributed by atoms with Gasteiger partial charge in [0.05, 0.1) is 12.1 Å². The van der Waals surface area contributed by atoms with Gasteiger partial charge in [-0.3, -0.25) is 19.8 Å². The predicted molar refractivity (Wildman–Crippen MR) is 147 cm³/mol. The molecule has 0 aliphatic carbocycles. The van der Waals surface area contributed by atoms with Crippen molar-refractivity contribution in [3.8, 4) is 5.75 Å². The second-order valence-corrected chi connectivity index (χ2v) is 10.3. The Labute approximate surface area is 224 Å². The van der Waals surface area contributed by atoms with Crippen molar-refractivity contribution in [3.63, 3.8) is 0 Å². The molecule has 1 aromatic heterocycles. The Hall–Kier alpha value is -3.49. The zero-order chi connectivity index (χ0) is 26.9. The molecule has 3 N–H and O–H groups in total. The number of benzene rings is 2. The van der Waals surface area contributed by atoms with Gasteiger partial charge in [0.2, 0.25) is 5.91 Å². The Balaban J connectivity index is 1.19. The molecule has 1 aliphatic rings. The Morgan fingerprint density at radius 3 is 2.61 bits per heavy atom. The third-order valence-electron chi connectivity index (χ3n) is 7.17. The van der Waals surface area contributed by atoms with Crippen LogP contribution >= 0.6 is 0 Å². The van der Waals surface area contributed by atoms with Crippen LogP contribution in [0.1, 0.15) is 54.2 Å². The minimum Gasteiger partial charge on any atom is -0.493 e. The first-order chi connectivity index (χ1) is 18.4. The number of pyridine rings is 1. The summed E-state index contributed by atoms with van der Waals surface area (Å²) in [5.41, 5.74) is 5.54. The molecule has 8 heteroatoms. The molecule has 1 saturated heterocycles. The molecule has 1 unspecified atom stereocenters. The molecule has 1 aliphatic heterocycles. The summed E-state index contributed by atoms with van der Waals surface area (Å²) in [6.07, 6.45) is 3.65. The summed E-state index contributed by atoms with van der Waals surface area (Å²) in [6, 6.07) is 17.8. The molecule has 4 rings (SSSR count). The average Bonchev–Trinajstić information content (AvgIpc) is 2.93. The van der Waals surface area contributed by atoms with Gasteiger partial charge in [0.1, 0.15) is 5.75 Å². The van der Waals surface area contributed by atoms with Crippen molar-refractivity contribution >= 4 is 22.7 Å². The first kappa shape index (κ1) is 27.5. The van der Waals surface area contributed by atoms with Crippen LogP contribution in [0.3, 0.4) is 0 Å². The zero-order valence-corrected chi connectivity index (χ0v) is 22.3. The standard InChI is InChI=1S/C30H38N4O4/c1-21(7-12-29(35)33-37)20-34-16-13-25(14-17-34)32-30(36)23-8-10-26(11-9-23)38-18-15-24-19-22(2)31-28-6-4-3-5-27(24)28/h3-6,8-11,19,21,25,37H,7,12-18,20H2,1-2H3,(H,32,36)(H,33,35). The van der Waals surface area contributed by atoms with E-state index in [-0.39, 0.29) is 17.9 Å². The summed E-state index contributed by atoms with van der Waals surface area (Å²) >= 11 is 0. The third kappa shape index (κ3) is 7.76. The number of amides is 2. The highest BCUT2D eigenvalue weighted by atomic mass is 16.5. The van der Waals surface area contributed by atoms with E-state index in [1.807, 2.05) is 49.4 Å². The van der Waals surface area contributed by atoms with Gasteiger partial charge in [0, 0.05) is 55.2 Å². The van der Waals surface area contributed by atoms with Crippen molar-refractivity contribution in [1.29, 1.82) is 0 Å². The second-order valence-electron chi connectivity index (χ2n) is 10.3. The van der Waals surface area contributed by atoms with Gasteiger partial charge in [-0.2, -0.15) is 0 Å². The molecule has 2 aromatic carbocycles. The van der Waals surface area contributed by atoms with Crippen LogP contribution in [0.25, 0.3) is 10.9 Å². The molecule has 1 fully saturated rings. The lowest BCUT2D eigenvalue weighted by Crippen LogP contribution is -2.45. The molecule has 2 amide bonds. The highest BCUT2D eigenvalue weighted by Gasteiger charge is 2.22. The maximum absolute atomic E-state index is 12.8. The summed E-state index contributed by atoms with van der Waals surface area (Å²) in [7, 11) is 0. The summed E-state index contributed by atoms with van der Waals surface area (Å²) in [4.78, 5) is 31.0. The van der Waals surface area contributed by atoms with Crippen LogP contribution in [0.4, 0.5) is 0 Å². The largest absolute Gasteiger partial charge is 0.493 e. The SMILES string of the molecule is Cc1cc(CCOc2ccc(C(=O)NC3CCN(CC(C)CCC(=O)NO)CC3)cc2)c2ccccc2n1. The lowest BCUT2D eigenvalue weighted by atomic mass is 10.0. The number of hydrogen-bond acceptors (Lipinski definition) is 6. The fourth-order valence-electron chi connectivity index (χ4n) is 5.08.